The molecule has 2 fully saturated rings. The van der Waals surface area contributed by atoms with Crippen molar-refractivity contribution in [3.05, 3.63) is 29.7 Å². The number of hydrogen-bond acceptors (Lipinski definition) is 5. The van der Waals surface area contributed by atoms with E-state index in [1.807, 2.05) is 6.20 Å². The summed E-state index contributed by atoms with van der Waals surface area (Å²) in [7, 11) is 0. The molecular formula is C20H31N5O. The van der Waals surface area contributed by atoms with Crippen molar-refractivity contribution in [2.45, 2.75) is 71.4 Å². The third-order valence-electron chi connectivity index (χ3n) is 5.82. The van der Waals surface area contributed by atoms with E-state index in [-0.39, 0.29) is 5.54 Å². The molecule has 0 amide bonds. The number of hydrogen-bond donors (Lipinski definition) is 0. The van der Waals surface area contributed by atoms with Gasteiger partial charge >= 0.3 is 0 Å². The highest BCUT2D eigenvalue weighted by molar-refractivity contribution is 5.08. The summed E-state index contributed by atoms with van der Waals surface area (Å²) in [5, 5.41) is 8.69. The van der Waals surface area contributed by atoms with Crippen LogP contribution in [0, 0.1) is 11.8 Å². The van der Waals surface area contributed by atoms with Crippen LogP contribution in [0.4, 0.5) is 0 Å². The Hall–Kier alpha value is -1.69. The van der Waals surface area contributed by atoms with E-state index in [9.17, 15) is 0 Å². The van der Waals surface area contributed by atoms with E-state index in [1.54, 1.807) is 0 Å². The van der Waals surface area contributed by atoms with Gasteiger partial charge in [0.05, 0.1) is 11.7 Å². The minimum Gasteiger partial charge on any atom is -0.339 e. The second kappa shape index (κ2) is 6.80. The molecule has 1 aliphatic carbocycles. The van der Waals surface area contributed by atoms with Gasteiger partial charge in [0.15, 0.2) is 5.82 Å². The fourth-order valence-corrected chi connectivity index (χ4v) is 3.85. The summed E-state index contributed by atoms with van der Waals surface area (Å²) in [6, 6.07) is 0. The first-order valence-corrected chi connectivity index (χ1v) is 9.97. The first-order valence-electron chi connectivity index (χ1n) is 9.97. The SMILES string of the molecule is CC1CC1c1noc(CC2CCN(Cc3cnn(C(C)(C)C)c3)CC2)n1. The van der Waals surface area contributed by atoms with E-state index >= 15 is 0 Å². The van der Waals surface area contributed by atoms with Crippen LogP contribution in [-0.2, 0) is 18.5 Å². The Bertz CT molecular complexity index is 735. The molecule has 1 aliphatic heterocycles. The van der Waals surface area contributed by atoms with E-state index in [1.165, 1.54) is 24.8 Å². The zero-order valence-corrected chi connectivity index (χ0v) is 16.5. The van der Waals surface area contributed by atoms with E-state index in [2.05, 4.69) is 58.7 Å². The highest BCUT2D eigenvalue weighted by Gasteiger charge is 2.38. The van der Waals surface area contributed by atoms with Gasteiger partial charge in [-0.15, -0.1) is 0 Å². The standard InChI is InChI=1S/C20H31N5O/c1-14-9-17(14)19-22-18(26-23-19)10-15-5-7-24(8-6-15)12-16-11-21-25(13-16)20(2,3)4/h11,13-15,17H,5-10,12H2,1-4H3. The fraction of sp³-hybridized carbons (Fsp3) is 0.750. The van der Waals surface area contributed by atoms with Gasteiger partial charge in [-0.1, -0.05) is 12.1 Å². The molecule has 142 valence electrons. The Morgan fingerprint density at radius 2 is 1.96 bits per heavy atom. The summed E-state index contributed by atoms with van der Waals surface area (Å²) in [4.78, 5) is 7.16. The Morgan fingerprint density at radius 3 is 2.58 bits per heavy atom. The second-order valence-electron chi connectivity index (χ2n) is 9.25. The maximum Gasteiger partial charge on any atom is 0.226 e. The fourth-order valence-electron chi connectivity index (χ4n) is 3.85. The van der Waals surface area contributed by atoms with Crippen LogP contribution in [0.25, 0.3) is 0 Å². The third kappa shape index (κ3) is 4.00. The minimum atomic E-state index is 0.0480. The largest absolute Gasteiger partial charge is 0.339 e. The lowest BCUT2D eigenvalue weighted by atomic mass is 9.93. The topological polar surface area (TPSA) is 60.0 Å². The van der Waals surface area contributed by atoms with Crippen LogP contribution in [0.3, 0.4) is 0 Å². The molecule has 0 radical (unpaired) electrons. The lowest BCUT2D eigenvalue weighted by molar-refractivity contribution is 0.170. The summed E-state index contributed by atoms with van der Waals surface area (Å²) in [5.41, 5.74) is 1.35. The quantitative estimate of drug-likeness (QED) is 0.818. The van der Waals surface area contributed by atoms with Crippen LogP contribution >= 0.6 is 0 Å². The molecule has 4 rings (SSSR count). The molecule has 2 aliphatic rings. The maximum absolute atomic E-state index is 5.49. The van der Waals surface area contributed by atoms with Crippen molar-refractivity contribution in [1.29, 1.82) is 0 Å². The van der Waals surface area contributed by atoms with Gasteiger partial charge in [-0.25, -0.2) is 0 Å². The molecule has 6 heteroatoms. The smallest absolute Gasteiger partial charge is 0.226 e. The summed E-state index contributed by atoms with van der Waals surface area (Å²) in [6.07, 6.45) is 8.74. The summed E-state index contributed by atoms with van der Waals surface area (Å²) in [5.74, 6) is 3.70. The van der Waals surface area contributed by atoms with Gasteiger partial charge in [-0.2, -0.15) is 10.1 Å². The number of likely N-dealkylation sites (tertiary alicyclic amines) is 1. The Morgan fingerprint density at radius 1 is 1.23 bits per heavy atom. The molecule has 1 saturated carbocycles. The number of nitrogens with zero attached hydrogens (tertiary/aromatic N) is 5. The minimum absolute atomic E-state index is 0.0480. The van der Waals surface area contributed by atoms with Crippen LogP contribution in [-0.4, -0.2) is 37.9 Å². The average Bonchev–Trinajstić information content (AvgIpc) is 3.00. The van der Waals surface area contributed by atoms with E-state index < -0.39 is 0 Å². The molecular weight excluding hydrogens is 326 g/mol. The van der Waals surface area contributed by atoms with Gasteiger partial charge in [0.1, 0.15) is 0 Å². The van der Waals surface area contributed by atoms with Gasteiger partial charge in [0.2, 0.25) is 5.89 Å². The molecule has 0 spiro atoms. The van der Waals surface area contributed by atoms with Gasteiger partial charge in [0, 0.05) is 30.6 Å². The lowest BCUT2D eigenvalue weighted by Gasteiger charge is -2.31. The monoisotopic (exact) mass is 357 g/mol. The molecule has 1 saturated heterocycles. The van der Waals surface area contributed by atoms with Gasteiger partial charge in [-0.05, 0) is 65.0 Å². The molecule has 2 atom stereocenters. The van der Waals surface area contributed by atoms with E-state index in [0.717, 1.165) is 43.7 Å². The molecule has 2 aromatic heterocycles. The number of aromatic nitrogens is 4. The predicted molar refractivity (Wildman–Crippen MR) is 99.7 cm³/mol. The second-order valence-corrected chi connectivity index (χ2v) is 9.25. The van der Waals surface area contributed by atoms with Crippen molar-refractivity contribution in [3.8, 4) is 0 Å². The summed E-state index contributed by atoms with van der Waals surface area (Å²) >= 11 is 0. The van der Waals surface area contributed by atoms with Crippen molar-refractivity contribution in [3.63, 3.8) is 0 Å². The highest BCUT2D eigenvalue weighted by atomic mass is 16.5. The summed E-state index contributed by atoms with van der Waals surface area (Å²) in [6.45, 7) is 12.1. The van der Waals surface area contributed by atoms with Crippen molar-refractivity contribution in [2.75, 3.05) is 13.1 Å². The van der Waals surface area contributed by atoms with Crippen LogP contribution in [0.1, 0.15) is 70.2 Å². The molecule has 0 aromatic carbocycles. The number of rotatable bonds is 5. The normalized spacial score (nSPS) is 24.9. The first-order chi connectivity index (χ1) is 12.4. The van der Waals surface area contributed by atoms with Crippen LogP contribution in [0.2, 0.25) is 0 Å². The Kier molecular flexibility index (Phi) is 4.63. The van der Waals surface area contributed by atoms with E-state index in [0.29, 0.717) is 11.8 Å². The van der Waals surface area contributed by atoms with Crippen molar-refractivity contribution < 1.29 is 4.52 Å². The van der Waals surface area contributed by atoms with Crippen molar-refractivity contribution in [1.82, 2.24) is 24.8 Å². The van der Waals surface area contributed by atoms with Crippen LogP contribution in [0.5, 0.6) is 0 Å². The van der Waals surface area contributed by atoms with Crippen molar-refractivity contribution in [2.24, 2.45) is 11.8 Å². The molecule has 26 heavy (non-hydrogen) atoms. The zero-order chi connectivity index (χ0) is 18.3. The van der Waals surface area contributed by atoms with Crippen molar-refractivity contribution >= 4 is 0 Å². The van der Waals surface area contributed by atoms with Gasteiger partial charge in [-0.3, -0.25) is 9.58 Å². The maximum atomic E-state index is 5.49. The Balaban J connectivity index is 1.25. The average molecular weight is 358 g/mol. The highest BCUT2D eigenvalue weighted by Crippen LogP contribution is 2.45. The molecule has 3 heterocycles. The summed E-state index contributed by atoms with van der Waals surface area (Å²) < 4.78 is 7.55. The van der Waals surface area contributed by atoms with Crippen LogP contribution in [0.15, 0.2) is 16.9 Å². The van der Waals surface area contributed by atoms with Gasteiger partial charge < -0.3 is 4.52 Å². The lowest BCUT2D eigenvalue weighted by Crippen LogP contribution is -2.33. The predicted octanol–water partition coefficient (Wildman–Crippen LogP) is 3.60. The first kappa shape index (κ1) is 17.7. The van der Waals surface area contributed by atoms with E-state index in [4.69, 9.17) is 4.52 Å². The molecule has 6 nitrogen and oxygen atoms in total. The zero-order valence-electron chi connectivity index (χ0n) is 16.5. The molecule has 2 aromatic rings. The Labute approximate surface area is 156 Å². The third-order valence-corrected chi connectivity index (χ3v) is 5.82. The van der Waals surface area contributed by atoms with Crippen LogP contribution < -0.4 is 0 Å². The molecule has 0 bridgehead atoms. The number of piperidine rings is 1. The molecule has 2 unspecified atom stereocenters. The molecule has 0 N–H and O–H groups in total. The van der Waals surface area contributed by atoms with Gasteiger partial charge in [0.25, 0.3) is 0 Å².